The van der Waals surface area contributed by atoms with E-state index in [1.807, 2.05) is 0 Å². The predicted molar refractivity (Wildman–Crippen MR) is 73.0 cm³/mol. The molecule has 17 heavy (non-hydrogen) atoms. The van der Waals surface area contributed by atoms with Gasteiger partial charge in [0.15, 0.2) is 0 Å². The van der Waals surface area contributed by atoms with Gasteiger partial charge in [-0.1, -0.05) is 6.92 Å². The van der Waals surface area contributed by atoms with Crippen molar-refractivity contribution in [1.29, 1.82) is 0 Å². The fourth-order valence-corrected chi connectivity index (χ4v) is 2.69. The molecule has 1 heterocycles. The monoisotopic (exact) mass is 257 g/mol. The van der Waals surface area contributed by atoms with Gasteiger partial charge in [-0.25, -0.2) is 0 Å². The van der Waals surface area contributed by atoms with Gasteiger partial charge < -0.3 is 14.8 Å². The van der Waals surface area contributed by atoms with Crippen molar-refractivity contribution < 1.29 is 9.47 Å². The second-order valence-electron chi connectivity index (χ2n) is 4.03. The van der Waals surface area contributed by atoms with Crippen LogP contribution in [-0.4, -0.2) is 27.4 Å². The first-order chi connectivity index (χ1) is 8.31. The normalized spacial score (nSPS) is 12.6. The first-order valence-corrected chi connectivity index (χ1v) is 7.04. The molecule has 0 aliphatic carbocycles. The van der Waals surface area contributed by atoms with Gasteiger partial charge in [0.05, 0.1) is 7.11 Å². The fourth-order valence-electron chi connectivity index (χ4n) is 1.72. The van der Waals surface area contributed by atoms with Crippen LogP contribution in [0.3, 0.4) is 0 Å². The van der Waals surface area contributed by atoms with E-state index in [1.165, 1.54) is 4.88 Å². The van der Waals surface area contributed by atoms with E-state index in [9.17, 15) is 0 Å². The van der Waals surface area contributed by atoms with Gasteiger partial charge in [-0.05, 0) is 31.9 Å². The molecular weight excluding hydrogens is 234 g/mol. The lowest BCUT2D eigenvalue weighted by Crippen LogP contribution is -2.21. The summed E-state index contributed by atoms with van der Waals surface area (Å²) in [6.07, 6.45) is 3.35. The van der Waals surface area contributed by atoms with Crippen LogP contribution in [0.4, 0.5) is 0 Å². The first kappa shape index (κ1) is 14.5. The summed E-state index contributed by atoms with van der Waals surface area (Å²) >= 11 is 1.76. The third-order valence-electron chi connectivity index (χ3n) is 2.66. The molecule has 4 heteroatoms. The van der Waals surface area contributed by atoms with Crippen LogP contribution in [0.2, 0.25) is 0 Å². The molecule has 1 rings (SSSR count). The SMILES string of the molecule is CCCNC(CCCOC)c1cc(OC)cs1. The van der Waals surface area contributed by atoms with E-state index in [2.05, 4.69) is 23.7 Å². The van der Waals surface area contributed by atoms with Crippen LogP contribution in [0.15, 0.2) is 11.4 Å². The van der Waals surface area contributed by atoms with Gasteiger partial charge >= 0.3 is 0 Å². The second kappa shape index (κ2) is 8.50. The Morgan fingerprint density at radius 3 is 2.82 bits per heavy atom. The molecule has 1 N–H and O–H groups in total. The number of methoxy groups -OCH3 is 2. The summed E-state index contributed by atoms with van der Waals surface area (Å²) in [7, 11) is 3.47. The summed E-state index contributed by atoms with van der Waals surface area (Å²) in [5, 5.41) is 5.64. The first-order valence-electron chi connectivity index (χ1n) is 6.16. The third kappa shape index (κ3) is 5.06. The van der Waals surface area contributed by atoms with Gasteiger partial charge in [0, 0.05) is 30.0 Å². The highest BCUT2D eigenvalue weighted by atomic mass is 32.1. The van der Waals surface area contributed by atoms with Gasteiger partial charge in [-0.2, -0.15) is 0 Å². The minimum atomic E-state index is 0.430. The number of hydrogen-bond acceptors (Lipinski definition) is 4. The van der Waals surface area contributed by atoms with Gasteiger partial charge in [0.25, 0.3) is 0 Å². The summed E-state index contributed by atoms with van der Waals surface area (Å²) in [6.45, 7) is 4.07. The molecule has 0 radical (unpaired) electrons. The Hall–Kier alpha value is -0.580. The largest absolute Gasteiger partial charge is 0.496 e. The van der Waals surface area contributed by atoms with Gasteiger partial charge in [0.2, 0.25) is 0 Å². The van der Waals surface area contributed by atoms with E-state index < -0.39 is 0 Å². The fraction of sp³-hybridized carbons (Fsp3) is 0.692. The van der Waals surface area contributed by atoms with E-state index in [0.29, 0.717) is 6.04 Å². The van der Waals surface area contributed by atoms with Crippen molar-refractivity contribution in [2.75, 3.05) is 27.4 Å². The van der Waals surface area contributed by atoms with E-state index >= 15 is 0 Å². The van der Waals surface area contributed by atoms with Crippen LogP contribution < -0.4 is 10.1 Å². The lowest BCUT2D eigenvalue weighted by Gasteiger charge is -2.16. The van der Waals surface area contributed by atoms with Gasteiger partial charge in [-0.3, -0.25) is 0 Å². The minimum Gasteiger partial charge on any atom is -0.496 e. The maximum Gasteiger partial charge on any atom is 0.129 e. The minimum absolute atomic E-state index is 0.430. The van der Waals surface area contributed by atoms with E-state index in [1.54, 1.807) is 25.6 Å². The lowest BCUT2D eigenvalue weighted by molar-refractivity contribution is 0.189. The van der Waals surface area contributed by atoms with E-state index in [4.69, 9.17) is 9.47 Å². The molecule has 1 atom stereocenters. The second-order valence-corrected chi connectivity index (χ2v) is 4.97. The molecule has 1 unspecified atom stereocenters. The third-order valence-corrected chi connectivity index (χ3v) is 3.68. The zero-order chi connectivity index (χ0) is 12.5. The molecule has 0 amide bonds. The highest BCUT2D eigenvalue weighted by molar-refractivity contribution is 7.10. The Morgan fingerprint density at radius 2 is 2.24 bits per heavy atom. The topological polar surface area (TPSA) is 30.5 Å². The number of nitrogens with one attached hydrogen (secondary N) is 1. The maximum absolute atomic E-state index is 5.23. The molecule has 1 aromatic heterocycles. The summed E-state index contributed by atoms with van der Waals surface area (Å²) in [5.74, 6) is 0.958. The Bertz CT molecular complexity index is 301. The molecule has 0 bridgehead atoms. The summed E-state index contributed by atoms with van der Waals surface area (Å²) in [6, 6.07) is 2.56. The van der Waals surface area contributed by atoms with Crippen LogP contribution in [-0.2, 0) is 4.74 Å². The maximum atomic E-state index is 5.23. The Morgan fingerprint density at radius 1 is 1.41 bits per heavy atom. The smallest absolute Gasteiger partial charge is 0.129 e. The van der Waals surface area contributed by atoms with Crippen molar-refractivity contribution in [3.63, 3.8) is 0 Å². The predicted octanol–water partition coefficient (Wildman–Crippen LogP) is 3.22. The van der Waals surface area contributed by atoms with Crippen LogP contribution in [0.5, 0.6) is 5.75 Å². The van der Waals surface area contributed by atoms with Crippen molar-refractivity contribution in [3.8, 4) is 5.75 Å². The Kier molecular flexibility index (Phi) is 7.24. The molecule has 0 fully saturated rings. The van der Waals surface area contributed by atoms with Gasteiger partial charge in [-0.15, -0.1) is 11.3 Å². The van der Waals surface area contributed by atoms with Crippen LogP contribution in [0, 0.1) is 0 Å². The number of thiophene rings is 1. The van der Waals surface area contributed by atoms with Crippen molar-refractivity contribution in [2.45, 2.75) is 32.2 Å². The average molecular weight is 257 g/mol. The molecule has 1 aromatic rings. The molecule has 0 saturated carbocycles. The highest BCUT2D eigenvalue weighted by Crippen LogP contribution is 2.29. The van der Waals surface area contributed by atoms with Crippen molar-refractivity contribution in [1.82, 2.24) is 5.32 Å². The van der Waals surface area contributed by atoms with Crippen molar-refractivity contribution in [3.05, 3.63) is 16.3 Å². The van der Waals surface area contributed by atoms with Crippen molar-refractivity contribution >= 4 is 11.3 Å². The zero-order valence-corrected chi connectivity index (χ0v) is 11.8. The number of hydrogen-bond donors (Lipinski definition) is 1. The summed E-state index contributed by atoms with van der Waals surface area (Å²) < 4.78 is 10.3. The van der Waals surface area contributed by atoms with Crippen LogP contribution >= 0.6 is 11.3 Å². The van der Waals surface area contributed by atoms with Crippen molar-refractivity contribution in [2.24, 2.45) is 0 Å². The standard InChI is InChI=1S/C13H23NO2S/c1-4-7-14-12(6-5-8-15-2)13-9-11(16-3)10-17-13/h9-10,12,14H,4-8H2,1-3H3. The number of rotatable bonds is 9. The average Bonchev–Trinajstić information content (AvgIpc) is 2.82. The summed E-state index contributed by atoms with van der Waals surface area (Å²) in [4.78, 5) is 1.35. The molecule has 98 valence electrons. The van der Waals surface area contributed by atoms with Crippen LogP contribution in [0.25, 0.3) is 0 Å². The van der Waals surface area contributed by atoms with E-state index in [-0.39, 0.29) is 0 Å². The summed E-state index contributed by atoms with van der Waals surface area (Å²) in [5.41, 5.74) is 0. The molecule has 0 aliphatic rings. The zero-order valence-electron chi connectivity index (χ0n) is 11.0. The lowest BCUT2D eigenvalue weighted by atomic mass is 10.1. The molecule has 0 saturated heterocycles. The quantitative estimate of drug-likeness (QED) is 0.689. The van der Waals surface area contributed by atoms with Crippen LogP contribution in [0.1, 0.15) is 37.1 Å². The molecule has 0 aliphatic heterocycles. The molecule has 3 nitrogen and oxygen atoms in total. The molecule has 0 aromatic carbocycles. The Labute approximate surface area is 108 Å². The number of ether oxygens (including phenoxy) is 2. The Balaban J connectivity index is 2.54. The molecule has 0 spiro atoms. The van der Waals surface area contributed by atoms with Gasteiger partial charge in [0.1, 0.15) is 5.75 Å². The van der Waals surface area contributed by atoms with E-state index in [0.717, 1.165) is 38.2 Å². The highest BCUT2D eigenvalue weighted by Gasteiger charge is 2.13. The molecular formula is C13H23NO2S.